The molecule has 0 bridgehead atoms. The van der Waals surface area contributed by atoms with Gasteiger partial charge in [-0.15, -0.1) is 0 Å². The SMILES string of the molecule is CN(C)CCN(CC(=O)N1CCC2(CC1)OCCO2)S(C)(=O)=O. The summed E-state index contributed by atoms with van der Waals surface area (Å²) in [7, 11) is 0.331. The number of carbonyl (C=O) groups is 1. The Morgan fingerprint density at radius 3 is 2.17 bits per heavy atom. The second-order valence-corrected chi connectivity index (χ2v) is 8.37. The van der Waals surface area contributed by atoms with Gasteiger partial charge in [-0.1, -0.05) is 0 Å². The smallest absolute Gasteiger partial charge is 0.237 e. The van der Waals surface area contributed by atoms with Crippen LogP contribution >= 0.6 is 0 Å². The molecule has 1 amide bonds. The number of likely N-dealkylation sites (N-methyl/N-ethyl adjacent to an activating group) is 1. The van der Waals surface area contributed by atoms with Crippen molar-refractivity contribution in [3.63, 3.8) is 0 Å². The van der Waals surface area contributed by atoms with Crippen LogP contribution in [0.15, 0.2) is 0 Å². The summed E-state index contributed by atoms with van der Waals surface area (Å²) in [5.74, 6) is -0.694. The Labute approximate surface area is 138 Å². The van der Waals surface area contributed by atoms with Crippen LogP contribution in [0.2, 0.25) is 0 Å². The topological polar surface area (TPSA) is 79.4 Å². The molecule has 8 nitrogen and oxygen atoms in total. The van der Waals surface area contributed by atoms with Gasteiger partial charge >= 0.3 is 0 Å². The lowest BCUT2D eigenvalue weighted by atomic mass is 10.0. The maximum atomic E-state index is 12.4. The second-order valence-electron chi connectivity index (χ2n) is 6.39. The highest BCUT2D eigenvalue weighted by atomic mass is 32.2. The van der Waals surface area contributed by atoms with E-state index in [0.717, 1.165) is 6.26 Å². The molecule has 0 saturated carbocycles. The first-order chi connectivity index (χ1) is 10.7. The maximum absolute atomic E-state index is 12.4. The fourth-order valence-corrected chi connectivity index (χ4v) is 3.57. The number of rotatable bonds is 6. The van der Waals surface area contributed by atoms with Crippen LogP contribution < -0.4 is 0 Å². The quantitative estimate of drug-likeness (QED) is 0.623. The predicted molar refractivity (Wildman–Crippen MR) is 85.4 cm³/mol. The number of nitrogens with zero attached hydrogens (tertiary/aromatic N) is 3. The minimum atomic E-state index is -3.41. The third-order valence-electron chi connectivity index (χ3n) is 4.27. The minimum absolute atomic E-state index is 0.110. The summed E-state index contributed by atoms with van der Waals surface area (Å²) in [5.41, 5.74) is 0. The van der Waals surface area contributed by atoms with Crippen molar-refractivity contribution in [1.29, 1.82) is 0 Å². The maximum Gasteiger partial charge on any atom is 0.237 e. The molecule has 2 aliphatic rings. The van der Waals surface area contributed by atoms with Crippen molar-refractivity contribution in [3.8, 4) is 0 Å². The van der Waals surface area contributed by atoms with Gasteiger partial charge in [0.05, 0.1) is 26.0 Å². The second kappa shape index (κ2) is 7.43. The molecular formula is C14H27N3O5S. The van der Waals surface area contributed by atoms with Crippen molar-refractivity contribution in [3.05, 3.63) is 0 Å². The van der Waals surface area contributed by atoms with Gasteiger partial charge in [-0.25, -0.2) is 8.42 Å². The molecule has 0 aromatic heterocycles. The van der Waals surface area contributed by atoms with Crippen molar-refractivity contribution in [2.75, 3.05) is 66.3 Å². The Morgan fingerprint density at radius 1 is 1.13 bits per heavy atom. The van der Waals surface area contributed by atoms with Crippen LogP contribution in [-0.2, 0) is 24.3 Å². The summed E-state index contributed by atoms with van der Waals surface area (Å²) < 4.78 is 36.2. The summed E-state index contributed by atoms with van der Waals surface area (Å²) in [6.45, 7) is 3.03. The summed E-state index contributed by atoms with van der Waals surface area (Å²) in [6, 6.07) is 0. The van der Waals surface area contributed by atoms with E-state index in [4.69, 9.17) is 9.47 Å². The highest BCUT2D eigenvalue weighted by molar-refractivity contribution is 7.88. The number of amides is 1. The molecule has 0 aromatic carbocycles. The lowest BCUT2D eigenvalue weighted by Crippen LogP contribution is -2.51. The Kier molecular flexibility index (Phi) is 6.01. The van der Waals surface area contributed by atoms with Gasteiger partial charge in [-0.05, 0) is 14.1 Å². The van der Waals surface area contributed by atoms with Crippen LogP contribution in [0.3, 0.4) is 0 Å². The van der Waals surface area contributed by atoms with E-state index in [1.165, 1.54) is 4.31 Å². The highest BCUT2D eigenvalue weighted by Crippen LogP contribution is 2.31. The van der Waals surface area contributed by atoms with Gasteiger partial charge in [0.2, 0.25) is 15.9 Å². The number of likely N-dealkylation sites (tertiary alicyclic amines) is 1. The molecule has 1 spiro atoms. The van der Waals surface area contributed by atoms with Crippen LogP contribution in [0.25, 0.3) is 0 Å². The third kappa shape index (κ3) is 5.12. The van der Waals surface area contributed by atoms with Crippen LogP contribution in [0.1, 0.15) is 12.8 Å². The predicted octanol–water partition coefficient (Wildman–Crippen LogP) is -0.825. The molecule has 0 atom stereocenters. The standard InChI is InChI=1S/C14H27N3O5S/c1-15(2)8-9-17(23(3,19)20)12-13(18)16-6-4-14(5-7-16)21-10-11-22-14/h4-12H2,1-3H3. The molecule has 2 heterocycles. The molecular weight excluding hydrogens is 322 g/mol. The first-order valence-electron chi connectivity index (χ1n) is 7.87. The molecule has 2 fully saturated rings. The average Bonchev–Trinajstić information content (AvgIpc) is 2.90. The van der Waals surface area contributed by atoms with E-state index in [9.17, 15) is 13.2 Å². The van der Waals surface area contributed by atoms with Gasteiger partial charge in [0, 0.05) is 39.0 Å². The van der Waals surface area contributed by atoms with Gasteiger partial charge in [-0.3, -0.25) is 4.79 Å². The number of piperidine rings is 1. The number of hydrogen-bond donors (Lipinski definition) is 0. The molecule has 0 aliphatic carbocycles. The van der Waals surface area contributed by atoms with Crippen molar-refractivity contribution in [2.24, 2.45) is 0 Å². The zero-order valence-electron chi connectivity index (χ0n) is 14.2. The van der Waals surface area contributed by atoms with Crippen LogP contribution in [-0.4, -0.2) is 101 Å². The summed E-state index contributed by atoms with van der Waals surface area (Å²) in [6.07, 6.45) is 2.41. The number of sulfonamides is 1. The molecule has 0 N–H and O–H groups in total. The first kappa shape index (κ1) is 18.6. The van der Waals surface area contributed by atoms with E-state index in [1.807, 2.05) is 19.0 Å². The zero-order valence-corrected chi connectivity index (χ0v) is 15.0. The fourth-order valence-electron chi connectivity index (χ4n) is 2.81. The van der Waals surface area contributed by atoms with E-state index in [0.29, 0.717) is 52.2 Å². The van der Waals surface area contributed by atoms with Crippen molar-refractivity contribution < 1.29 is 22.7 Å². The molecule has 0 aromatic rings. The number of hydrogen-bond acceptors (Lipinski definition) is 6. The van der Waals surface area contributed by atoms with Gasteiger partial charge in [-0.2, -0.15) is 4.31 Å². The molecule has 2 aliphatic heterocycles. The molecule has 134 valence electrons. The highest BCUT2D eigenvalue weighted by Gasteiger charge is 2.41. The van der Waals surface area contributed by atoms with Gasteiger partial charge in [0.25, 0.3) is 0 Å². The van der Waals surface area contributed by atoms with Gasteiger partial charge in [0.15, 0.2) is 5.79 Å². The summed E-state index contributed by atoms with van der Waals surface area (Å²) >= 11 is 0. The van der Waals surface area contributed by atoms with Crippen LogP contribution in [0, 0.1) is 0 Å². The third-order valence-corrected chi connectivity index (χ3v) is 5.52. The molecule has 23 heavy (non-hydrogen) atoms. The van der Waals surface area contributed by atoms with Crippen LogP contribution in [0.5, 0.6) is 0 Å². The average molecular weight is 349 g/mol. The number of ether oxygens (including phenoxy) is 2. The Hall–Kier alpha value is -0.740. The van der Waals surface area contributed by atoms with Crippen molar-refractivity contribution in [1.82, 2.24) is 14.1 Å². The fraction of sp³-hybridized carbons (Fsp3) is 0.929. The van der Waals surface area contributed by atoms with Crippen molar-refractivity contribution >= 4 is 15.9 Å². The minimum Gasteiger partial charge on any atom is -0.347 e. The lowest BCUT2D eigenvalue weighted by molar-refractivity contribution is -0.187. The monoisotopic (exact) mass is 349 g/mol. The Balaban J connectivity index is 1.89. The van der Waals surface area contributed by atoms with E-state index in [-0.39, 0.29) is 12.5 Å². The first-order valence-corrected chi connectivity index (χ1v) is 9.72. The summed E-state index contributed by atoms with van der Waals surface area (Å²) in [5, 5.41) is 0. The molecule has 9 heteroatoms. The van der Waals surface area contributed by atoms with Gasteiger partial charge < -0.3 is 19.3 Å². The van der Waals surface area contributed by atoms with E-state index >= 15 is 0 Å². The molecule has 0 unspecified atom stereocenters. The van der Waals surface area contributed by atoms with E-state index in [2.05, 4.69) is 0 Å². The van der Waals surface area contributed by atoms with Gasteiger partial charge in [0.1, 0.15) is 0 Å². The Bertz CT molecular complexity index is 507. The zero-order chi connectivity index (χ0) is 17.1. The molecule has 2 saturated heterocycles. The lowest BCUT2D eigenvalue weighted by Gasteiger charge is -2.38. The molecule has 2 rings (SSSR count). The number of carbonyl (C=O) groups excluding carboxylic acids is 1. The van der Waals surface area contributed by atoms with E-state index < -0.39 is 15.8 Å². The van der Waals surface area contributed by atoms with E-state index in [1.54, 1.807) is 4.90 Å². The van der Waals surface area contributed by atoms with Crippen LogP contribution in [0.4, 0.5) is 0 Å². The Morgan fingerprint density at radius 2 is 1.70 bits per heavy atom. The normalized spacial score (nSPS) is 21.5. The summed E-state index contributed by atoms with van der Waals surface area (Å²) in [4.78, 5) is 16.0. The molecule has 0 radical (unpaired) electrons. The largest absolute Gasteiger partial charge is 0.347 e. The van der Waals surface area contributed by atoms with Crippen molar-refractivity contribution in [2.45, 2.75) is 18.6 Å².